The van der Waals surface area contributed by atoms with Gasteiger partial charge < -0.3 is 14.7 Å². The molecule has 4 aliphatic carbocycles. The van der Waals surface area contributed by atoms with Crippen LogP contribution in [-0.4, -0.2) is 59.2 Å². The van der Waals surface area contributed by atoms with Crippen molar-refractivity contribution >= 4 is 46.4 Å². The van der Waals surface area contributed by atoms with Crippen molar-refractivity contribution in [3.8, 4) is 0 Å². The number of ether oxygens (including phenoxy) is 1. The summed E-state index contributed by atoms with van der Waals surface area (Å²) in [6, 6.07) is 6.92. The third-order valence-corrected chi connectivity index (χ3v) is 11.7. The van der Waals surface area contributed by atoms with Gasteiger partial charge >= 0.3 is 5.97 Å². The number of rotatable bonds is 5. The summed E-state index contributed by atoms with van der Waals surface area (Å²) >= 11 is 14.6. The molecule has 1 N–H and O–H groups in total. The molecule has 7 atom stereocenters. The van der Waals surface area contributed by atoms with Crippen molar-refractivity contribution in [1.82, 2.24) is 0 Å². The highest BCUT2D eigenvalue weighted by atomic mass is 35.5. The van der Waals surface area contributed by atoms with E-state index in [1.54, 1.807) is 36.4 Å². The molecular formula is C30H35Cl2NO5. The molecular weight excluding hydrogens is 525 g/mol. The smallest absolute Gasteiger partial charge is 0.338 e. The SMILES string of the molecule is CN(C)c1ccc(C(=O)OCC(=O)[C@@]2(O)CC[C@H]3[C@@H]4CCC5=CC(=O)C=C[C@]5(C)[C@@]4(Cl)[C@@H](Cl)C[C@@]32C)cc1. The van der Waals surface area contributed by atoms with Crippen LogP contribution in [0.25, 0.3) is 0 Å². The van der Waals surface area contributed by atoms with Crippen LogP contribution in [0.15, 0.2) is 48.1 Å². The predicted molar refractivity (Wildman–Crippen MR) is 148 cm³/mol. The van der Waals surface area contributed by atoms with Crippen LogP contribution in [0, 0.1) is 22.7 Å². The van der Waals surface area contributed by atoms with E-state index in [0.717, 1.165) is 24.1 Å². The second-order valence-corrected chi connectivity index (χ2v) is 13.2. The summed E-state index contributed by atoms with van der Waals surface area (Å²) in [7, 11) is 3.81. The Morgan fingerprint density at radius 1 is 1.13 bits per heavy atom. The fourth-order valence-electron chi connectivity index (χ4n) is 7.84. The number of carbonyl (C=O) groups is 3. The van der Waals surface area contributed by atoms with Crippen molar-refractivity contribution in [3.63, 3.8) is 0 Å². The molecule has 204 valence electrons. The number of halogens is 2. The summed E-state index contributed by atoms with van der Waals surface area (Å²) in [5, 5.41) is 11.4. The fourth-order valence-corrected chi connectivity index (χ4v) is 9.07. The zero-order valence-corrected chi connectivity index (χ0v) is 23.8. The van der Waals surface area contributed by atoms with E-state index in [1.807, 2.05) is 32.0 Å². The summed E-state index contributed by atoms with van der Waals surface area (Å²) in [6.07, 6.45) is 7.85. The van der Waals surface area contributed by atoms with E-state index in [0.29, 0.717) is 18.4 Å². The van der Waals surface area contributed by atoms with Crippen molar-refractivity contribution in [3.05, 3.63) is 53.6 Å². The lowest BCUT2D eigenvalue weighted by Crippen LogP contribution is -2.67. The highest BCUT2D eigenvalue weighted by Crippen LogP contribution is 2.71. The quantitative estimate of drug-likeness (QED) is 0.399. The number of fused-ring (bicyclic) bond motifs is 5. The molecule has 38 heavy (non-hydrogen) atoms. The lowest BCUT2D eigenvalue weighted by molar-refractivity contribution is -0.161. The Hall–Kier alpha value is -2.15. The minimum Gasteiger partial charge on any atom is -0.454 e. The van der Waals surface area contributed by atoms with Gasteiger partial charge in [-0.25, -0.2) is 4.79 Å². The fraction of sp³-hybridized carbons (Fsp3) is 0.567. The molecule has 0 unspecified atom stereocenters. The van der Waals surface area contributed by atoms with Crippen LogP contribution < -0.4 is 4.90 Å². The highest BCUT2D eigenvalue weighted by molar-refractivity contribution is 6.34. The number of benzene rings is 1. The summed E-state index contributed by atoms with van der Waals surface area (Å²) in [4.78, 5) is 39.3. The molecule has 1 aromatic carbocycles. The predicted octanol–water partition coefficient (Wildman–Crippen LogP) is 5.10. The van der Waals surface area contributed by atoms with Gasteiger partial charge in [-0.05, 0) is 80.4 Å². The normalized spacial score (nSPS) is 39.5. The first-order valence-electron chi connectivity index (χ1n) is 13.3. The molecule has 0 bridgehead atoms. The molecule has 3 saturated carbocycles. The average Bonchev–Trinajstić information content (AvgIpc) is 3.14. The monoisotopic (exact) mass is 559 g/mol. The van der Waals surface area contributed by atoms with Crippen LogP contribution >= 0.6 is 23.2 Å². The zero-order valence-electron chi connectivity index (χ0n) is 22.3. The molecule has 0 amide bonds. The van der Waals surface area contributed by atoms with Crippen LogP contribution in [0.1, 0.15) is 56.3 Å². The molecule has 0 heterocycles. The summed E-state index contributed by atoms with van der Waals surface area (Å²) in [5.41, 5.74) is -0.787. The topological polar surface area (TPSA) is 83.9 Å². The number of anilines is 1. The van der Waals surface area contributed by atoms with Gasteiger partial charge in [-0.15, -0.1) is 23.2 Å². The largest absolute Gasteiger partial charge is 0.454 e. The number of aliphatic hydroxyl groups is 1. The zero-order chi connectivity index (χ0) is 27.7. The first-order valence-corrected chi connectivity index (χ1v) is 14.1. The first kappa shape index (κ1) is 27.4. The Balaban J connectivity index is 1.36. The molecule has 8 heteroatoms. The van der Waals surface area contributed by atoms with Gasteiger partial charge in [-0.2, -0.15) is 0 Å². The number of ketones is 2. The number of nitrogens with zero attached hydrogens (tertiary/aromatic N) is 1. The summed E-state index contributed by atoms with van der Waals surface area (Å²) in [6.45, 7) is 3.48. The number of hydrogen-bond donors (Lipinski definition) is 1. The molecule has 0 aliphatic heterocycles. The van der Waals surface area contributed by atoms with Crippen LogP contribution in [-0.2, 0) is 14.3 Å². The van der Waals surface area contributed by atoms with E-state index in [2.05, 4.69) is 6.92 Å². The standard InChI is InChI=1S/C30H35Cl2NO5/c1-27-13-11-21(34)15-19(27)7-10-23-22-12-14-29(37,28(22,2)16-24(31)30(23,27)32)25(35)17-38-26(36)18-5-8-20(9-6-18)33(3)4/h5-6,8-9,11,13,15,22-24,37H,7,10,12,14,16-17H2,1-4H3/t22-,23-,24-,27-,28-,29-,30-/m0/s1. The molecule has 0 radical (unpaired) electrons. The Morgan fingerprint density at radius 2 is 1.82 bits per heavy atom. The second kappa shape index (κ2) is 9.21. The van der Waals surface area contributed by atoms with Gasteiger partial charge in [0.2, 0.25) is 5.78 Å². The Bertz CT molecular complexity index is 1240. The Kier molecular flexibility index (Phi) is 6.64. The van der Waals surface area contributed by atoms with E-state index in [4.69, 9.17) is 27.9 Å². The Labute approximate surface area is 234 Å². The van der Waals surface area contributed by atoms with Crippen molar-refractivity contribution in [2.45, 2.75) is 61.8 Å². The van der Waals surface area contributed by atoms with Crippen LogP contribution in [0.3, 0.4) is 0 Å². The van der Waals surface area contributed by atoms with E-state index in [-0.39, 0.29) is 24.0 Å². The van der Waals surface area contributed by atoms with Gasteiger partial charge in [0.1, 0.15) is 5.60 Å². The number of alkyl halides is 2. The van der Waals surface area contributed by atoms with Crippen molar-refractivity contribution in [1.29, 1.82) is 0 Å². The van der Waals surface area contributed by atoms with Crippen LogP contribution in [0.2, 0.25) is 0 Å². The van der Waals surface area contributed by atoms with E-state index in [1.165, 1.54) is 0 Å². The Morgan fingerprint density at radius 3 is 2.47 bits per heavy atom. The third-order valence-electron chi connectivity index (χ3n) is 10.2. The lowest BCUT2D eigenvalue weighted by Gasteiger charge is -2.63. The molecule has 0 aromatic heterocycles. The van der Waals surface area contributed by atoms with Gasteiger partial charge in [0.05, 0.1) is 15.8 Å². The number of allylic oxidation sites excluding steroid dienone is 4. The maximum atomic E-state index is 13.5. The maximum Gasteiger partial charge on any atom is 0.338 e. The number of Topliss-reactive ketones (excluding diaryl/α,β-unsaturated/α-hetero) is 1. The molecule has 0 saturated heterocycles. The van der Waals surface area contributed by atoms with Crippen molar-refractivity contribution < 1.29 is 24.2 Å². The molecule has 3 fully saturated rings. The van der Waals surface area contributed by atoms with Gasteiger partial charge in [0.25, 0.3) is 0 Å². The average molecular weight is 561 g/mol. The third kappa shape index (κ3) is 3.74. The van der Waals surface area contributed by atoms with Gasteiger partial charge in [-0.3, -0.25) is 9.59 Å². The highest BCUT2D eigenvalue weighted by Gasteiger charge is 2.72. The lowest BCUT2D eigenvalue weighted by atomic mass is 9.46. The molecule has 1 aromatic rings. The molecule has 4 aliphatic rings. The van der Waals surface area contributed by atoms with Crippen molar-refractivity contribution in [2.75, 3.05) is 25.6 Å². The van der Waals surface area contributed by atoms with Gasteiger partial charge in [-0.1, -0.05) is 25.5 Å². The number of carbonyl (C=O) groups excluding carboxylic acids is 3. The number of esters is 1. The van der Waals surface area contributed by atoms with E-state index < -0.39 is 45.0 Å². The second-order valence-electron chi connectivity index (χ2n) is 12.1. The molecule has 0 spiro atoms. The minimum atomic E-state index is -1.67. The first-order chi connectivity index (χ1) is 17.8. The van der Waals surface area contributed by atoms with Gasteiger partial charge in [0.15, 0.2) is 12.4 Å². The van der Waals surface area contributed by atoms with E-state index in [9.17, 15) is 19.5 Å². The summed E-state index contributed by atoms with van der Waals surface area (Å²) in [5.74, 6) is -1.24. The van der Waals surface area contributed by atoms with Crippen molar-refractivity contribution in [2.24, 2.45) is 22.7 Å². The summed E-state index contributed by atoms with van der Waals surface area (Å²) < 4.78 is 5.37. The molecule has 6 nitrogen and oxygen atoms in total. The maximum absolute atomic E-state index is 13.5. The van der Waals surface area contributed by atoms with E-state index >= 15 is 0 Å². The van der Waals surface area contributed by atoms with Gasteiger partial charge in [0, 0.05) is 30.6 Å². The van der Waals surface area contributed by atoms with Crippen LogP contribution in [0.5, 0.6) is 0 Å². The minimum absolute atomic E-state index is 0.0352. The molecule has 5 rings (SSSR count). The number of hydrogen-bond acceptors (Lipinski definition) is 6. The van der Waals surface area contributed by atoms with Crippen LogP contribution in [0.4, 0.5) is 5.69 Å².